The van der Waals surface area contributed by atoms with Crippen molar-refractivity contribution in [2.24, 2.45) is 0 Å². The Labute approximate surface area is 87.5 Å². The molecule has 11 heavy (non-hydrogen) atoms. The second-order valence-corrected chi connectivity index (χ2v) is 1.77. The quantitative estimate of drug-likeness (QED) is 0.478. The van der Waals surface area contributed by atoms with Gasteiger partial charge in [-0.2, -0.15) is 0 Å². The van der Waals surface area contributed by atoms with E-state index in [9.17, 15) is 4.79 Å². The van der Waals surface area contributed by atoms with Crippen LogP contribution in [0.2, 0.25) is 0 Å². The second-order valence-electron chi connectivity index (χ2n) is 1.77. The molecule has 5 heteroatoms. The molecule has 1 aromatic heterocycles. The maximum atomic E-state index is 10.1. The first-order chi connectivity index (χ1) is 4.79. The fourth-order valence-corrected chi connectivity index (χ4v) is 0.576. The van der Waals surface area contributed by atoms with Crippen molar-refractivity contribution in [1.29, 1.82) is 0 Å². The van der Waals surface area contributed by atoms with Crippen LogP contribution in [-0.4, -0.2) is 21.0 Å². The van der Waals surface area contributed by atoms with Crippen LogP contribution < -0.4 is 29.6 Å². The number of carboxylic acid groups (broad SMARTS) is 1. The van der Waals surface area contributed by atoms with Gasteiger partial charge in [0.15, 0.2) is 0 Å². The average Bonchev–Trinajstić information content (AvgIpc) is 1.88. The van der Waals surface area contributed by atoms with Gasteiger partial charge in [0.05, 0.1) is 12.1 Å². The van der Waals surface area contributed by atoms with Gasteiger partial charge in [0.2, 0.25) is 0 Å². The van der Waals surface area contributed by atoms with Gasteiger partial charge < -0.3 is 6.53 Å². The summed E-state index contributed by atoms with van der Waals surface area (Å²) in [7, 11) is 0. The van der Waals surface area contributed by atoms with Crippen LogP contribution in [0, 0.1) is 0 Å². The summed E-state index contributed by atoms with van der Waals surface area (Å²) in [6.45, 7) is 0. The normalized spacial score (nSPS) is 8.36. The zero-order valence-electron chi connectivity index (χ0n) is 7.19. The standard InChI is InChI=1S/C6H6N2O2.Na.H/c9-6(10)3-5-4-7-1-2-8-5;;/h1-2,4H,3H2,(H,9,10);;/q;+1;-1. The Morgan fingerprint density at radius 1 is 1.64 bits per heavy atom. The topological polar surface area (TPSA) is 63.1 Å². The molecule has 0 aliphatic rings. The van der Waals surface area contributed by atoms with Gasteiger partial charge in [0, 0.05) is 18.6 Å². The minimum Gasteiger partial charge on any atom is -1.00 e. The molecule has 0 aromatic carbocycles. The predicted octanol–water partition coefficient (Wildman–Crippen LogP) is -2.78. The van der Waals surface area contributed by atoms with E-state index in [1.165, 1.54) is 18.6 Å². The van der Waals surface area contributed by atoms with Crippen LogP contribution in [0.5, 0.6) is 0 Å². The van der Waals surface area contributed by atoms with Gasteiger partial charge in [-0.15, -0.1) is 0 Å². The summed E-state index contributed by atoms with van der Waals surface area (Å²) in [5.74, 6) is -0.888. The summed E-state index contributed by atoms with van der Waals surface area (Å²) in [6.07, 6.45) is 4.35. The van der Waals surface area contributed by atoms with E-state index in [0.29, 0.717) is 5.69 Å². The summed E-state index contributed by atoms with van der Waals surface area (Å²) in [6, 6.07) is 0. The van der Waals surface area contributed by atoms with E-state index in [2.05, 4.69) is 9.97 Å². The number of nitrogens with zero attached hydrogens (tertiary/aromatic N) is 2. The van der Waals surface area contributed by atoms with Crippen LogP contribution in [0.4, 0.5) is 0 Å². The van der Waals surface area contributed by atoms with Crippen molar-refractivity contribution in [3.63, 3.8) is 0 Å². The van der Waals surface area contributed by atoms with Gasteiger partial charge in [0.1, 0.15) is 0 Å². The van der Waals surface area contributed by atoms with Crippen LogP contribution in [0.15, 0.2) is 18.6 Å². The van der Waals surface area contributed by atoms with E-state index in [1.54, 1.807) is 0 Å². The van der Waals surface area contributed by atoms with Gasteiger partial charge in [-0.1, -0.05) is 0 Å². The van der Waals surface area contributed by atoms with Crippen LogP contribution in [-0.2, 0) is 11.2 Å². The van der Waals surface area contributed by atoms with Crippen LogP contribution in [0.25, 0.3) is 0 Å². The van der Waals surface area contributed by atoms with E-state index in [4.69, 9.17) is 5.11 Å². The Morgan fingerprint density at radius 2 is 2.36 bits per heavy atom. The van der Waals surface area contributed by atoms with Crippen molar-refractivity contribution in [2.45, 2.75) is 6.42 Å². The first-order valence-electron chi connectivity index (χ1n) is 2.76. The summed E-state index contributed by atoms with van der Waals surface area (Å²) in [5.41, 5.74) is 0.481. The molecule has 0 atom stereocenters. The molecule has 1 rings (SSSR count). The molecule has 0 bridgehead atoms. The maximum Gasteiger partial charge on any atom is 1.00 e. The van der Waals surface area contributed by atoms with Crippen molar-refractivity contribution in [3.05, 3.63) is 24.3 Å². The third-order valence-electron chi connectivity index (χ3n) is 0.949. The van der Waals surface area contributed by atoms with E-state index >= 15 is 0 Å². The van der Waals surface area contributed by atoms with Crippen molar-refractivity contribution >= 4 is 5.97 Å². The van der Waals surface area contributed by atoms with E-state index in [-0.39, 0.29) is 37.4 Å². The Kier molecular flexibility index (Phi) is 5.02. The Bertz CT molecular complexity index is 232. The van der Waals surface area contributed by atoms with Gasteiger partial charge >= 0.3 is 35.5 Å². The predicted molar refractivity (Wildman–Crippen MR) is 34.5 cm³/mol. The smallest absolute Gasteiger partial charge is 1.00 e. The van der Waals surface area contributed by atoms with Gasteiger partial charge in [-0.3, -0.25) is 14.8 Å². The van der Waals surface area contributed by atoms with Crippen LogP contribution in [0.1, 0.15) is 7.12 Å². The molecule has 4 nitrogen and oxygen atoms in total. The van der Waals surface area contributed by atoms with Crippen LogP contribution in [0.3, 0.4) is 0 Å². The van der Waals surface area contributed by atoms with E-state index in [0.717, 1.165) is 0 Å². The molecular weight excluding hydrogens is 155 g/mol. The van der Waals surface area contributed by atoms with Crippen LogP contribution >= 0.6 is 0 Å². The molecule has 0 saturated carbocycles. The van der Waals surface area contributed by atoms with Gasteiger partial charge in [-0.05, 0) is 0 Å². The first kappa shape index (κ1) is 10.6. The SMILES string of the molecule is O=C(O)Cc1cnccn1.[H-].[Na+]. The molecule has 0 radical (unpaired) electrons. The molecule has 54 valence electrons. The first-order valence-corrected chi connectivity index (χ1v) is 2.76. The molecule has 0 aliphatic carbocycles. The molecule has 1 heterocycles. The number of hydrogen-bond acceptors (Lipinski definition) is 3. The number of aliphatic carboxylic acids is 1. The maximum absolute atomic E-state index is 10.1. The van der Waals surface area contributed by atoms with Crippen molar-refractivity contribution < 1.29 is 40.9 Å². The minimum atomic E-state index is -0.888. The zero-order valence-corrected chi connectivity index (χ0v) is 8.19. The molecule has 0 amide bonds. The fourth-order valence-electron chi connectivity index (χ4n) is 0.576. The average molecular weight is 162 g/mol. The molecular formula is C6H7N2NaO2. The molecule has 0 fully saturated rings. The summed E-state index contributed by atoms with van der Waals surface area (Å²) >= 11 is 0. The number of aromatic nitrogens is 2. The molecule has 0 spiro atoms. The molecule has 0 saturated heterocycles. The number of rotatable bonds is 2. The van der Waals surface area contributed by atoms with Gasteiger partial charge in [0.25, 0.3) is 0 Å². The number of hydrogen-bond donors (Lipinski definition) is 1. The third-order valence-corrected chi connectivity index (χ3v) is 0.949. The van der Waals surface area contributed by atoms with Crippen molar-refractivity contribution in [3.8, 4) is 0 Å². The summed E-state index contributed by atoms with van der Waals surface area (Å²) in [5, 5.41) is 8.30. The Morgan fingerprint density at radius 3 is 2.82 bits per heavy atom. The van der Waals surface area contributed by atoms with Crippen molar-refractivity contribution in [2.75, 3.05) is 0 Å². The Balaban J connectivity index is 0. The zero-order chi connectivity index (χ0) is 7.40. The van der Waals surface area contributed by atoms with Crippen molar-refractivity contribution in [1.82, 2.24) is 9.97 Å². The molecule has 0 aliphatic heterocycles. The summed E-state index contributed by atoms with van der Waals surface area (Å²) < 4.78 is 0. The molecule has 1 aromatic rings. The summed E-state index contributed by atoms with van der Waals surface area (Å²) in [4.78, 5) is 17.6. The second kappa shape index (κ2) is 5.23. The molecule has 1 N–H and O–H groups in total. The fraction of sp³-hybridized carbons (Fsp3) is 0.167. The Hall–Kier alpha value is -0.450. The number of carboxylic acids is 1. The monoisotopic (exact) mass is 162 g/mol. The third kappa shape index (κ3) is 4.08. The van der Waals surface area contributed by atoms with E-state index < -0.39 is 5.97 Å². The van der Waals surface area contributed by atoms with E-state index in [1.807, 2.05) is 0 Å². The largest absolute Gasteiger partial charge is 1.00 e. The van der Waals surface area contributed by atoms with Gasteiger partial charge in [-0.25, -0.2) is 0 Å². The number of carbonyl (C=O) groups is 1. The minimum absolute atomic E-state index is 0. The molecule has 0 unspecified atom stereocenters.